The number of anilines is 1. The van der Waals surface area contributed by atoms with E-state index in [4.69, 9.17) is 0 Å². The molecule has 7 heteroatoms. The zero-order valence-electron chi connectivity index (χ0n) is 16.9. The van der Waals surface area contributed by atoms with Gasteiger partial charge in [0.15, 0.2) is 0 Å². The van der Waals surface area contributed by atoms with Gasteiger partial charge in [-0.15, -0.1) is 0 Å². The number of likely N-dealkylation sites (tertiary alicyclic amines) is 1. The SMILES string of the molecule is CCCn1nc(C)c(NC(=O)NCc2ccc(C(=O)N3CCCC3)cc2)c1C. The van der Waals surface area contributed by atoms with E-state index in [0.29, 0.717) is 12.1 Å². The number of hydrogen-bond acceptors (Lipinski definition) is 3. The summed E-state index contributed by atoms with van der Waals surface area (Å²) in [5, 5.41) is 10.2. The number of amides is 3. The maximum absolute atomic E-state index is 12.4. The number of carbonyl (C=O) groups is 2. The summed E-state index contributed by atoms with van der Waals surface area (Å²) in [7, 11) is 0. The van der Waals surface area contributed by atoms with Crippen molar-refractivity contribution < 1.29 is 9.59 Å². The highest BCUT2D eigenvalue weighted by atomic mass is 16.2. The number of benzene rings is 1. The molecule has 0 saturated carbocycles. The third-order valence-electron chi connectivity index (χ3n) is 5.10. The number of aromatic nitrogens is 2. The Kier molecular flexibility index (Phi) is 6.34. The van der Waals surface area contributed by atoms with Crippen LogP contribution >= 0.6 is 0 Å². The average Bonchev–Trinajstić information content (AvgIpc) is 3.31. The Morgan fingerprint density at radius 3 is 2.43 bits per heavy atom. The minimum atomic E-state index is -0.264. The van der Waals surface area contributed by atoms with Gasteiger partial charge < -0.3 is 15.5 Å². The molecule has 0 aliphatic carbocycles. The molecular formula is C21H29N5O2. The summed E-state index contributed by atoms with van der Waals surface area (Å²) in [6, 6.07) is 7.18. The molecule has 2 aromatic rings. The number of rotatable bonds is 6. The highest BCUT2D eigenvalue weighted by molar-refractivity contribution is 5.94. The zero-order chi connectivity index (χ0) is 20.1. The van der Waals surface area contributed by atoms with Crippen molar-refractivity contribution in [2.75, 3.05) is 18.4 Å². The van der Waals surface area contributed by atoms with Crippen LogP contribution in [-0.4, -0.2) is 39.7 Å². The number of hydrogen-bond donors (Lipinski definition) is 2. The lowest BCUT2D eigenvalue weighted by Crippen LogP contribution is -2.29. The molecule has 7 nitrogen and oxygen atoms in total. The third-order valence-corrected chi connectivity index (χ3v) is 5.10. The second-order valence-corrected chi connectivity index (χ2v) is 7.27. The first-order valence-electron chi connectivity index (χ1n) is 9.96. The Balaban J connectivity index is 1.54. The van der Waals surface area contributed by atoms with Crippen LogP contribution in [0.1, 0.15) is 53.5 Å². The molecule has 1 fully saturated rings. The monoisotopic (exact) mass is 383 g/mol. The molecule has 2 N–H and O–H groups in total. The molecule has 3 rings (SSSR count). The van der Waals surface area contributed by atoms with Gasteiger partial charge in [-0.1, -0.05) is 19.1 Å². The molecule has 1 aliphatic rings. The number of carbonyl (C=O) groups excluding carboxylic acids is 2. The van der Waals surface area contributed by atoms with Gasteiger partial charge in [-0.3, -0.25) is 9.48 Å². The summed E-state index contributed by atoms with van der Waals surface area (Å²) in [6.07, 6.45) is 3.15. The van der Waals surface area contributed by atoms with Crippen molar-refractivity contribution in [2.45, 2.75) is 53.1 Å². The van der Waals surface area contributed by atoms with Crippen molar-refractivity contribution in [1.82, 2.24) is 20.0 Å². The second-order valence-electron chi connectivity index (χ2n) is 7.27. The van der Waals surface area contributed by atoms with Gasteiger partial charge in [0.1, 0.15) is 0 Å². The highest BCUT2D eigenvalue weighted by Gasteiger charge is 2.19. The number of nitrogens with zero attached hydrogens (tertiary/aromatic N) is 3. The van der Waals surface area contributed by atoms with Crippen LogP contribution in [0.25, 0.3) is 0 Å². The molecular weight excluding hydrogens is 354 g/mol. The first-order chi connectivity index (χ1) is 13.5. The molecule has 0 unspecified atom stereocenters. The van der Waals surface area contributed by atoms with Gasteiger partial charge in [-0.05, 0) is 50.8 Å². The van der Waals surface area contributed by atoms with E-state index >= 15 is 0 Å². The van der Waals surface area contributed by atoms with E-state index in [1.54, 1.807) is 0 Å². The summed E-state index contributed by atoms with van der Waals surface area (Å²) in [4.78, 5) is 26.6. The van der Waals surface area contributed by atoms with Crippen LogP contribution in [0.2, 0.25) is 0 Å². The van der Waals surface area contributed by atoms with Crippen LogP contribution in [0.3, 0.4) is 0 Å². The molecule has 1 aliphatic heterocycles. The maximum atomic E-state index is 12.4. The summed E-state index contributed by atoms with van der Waals surface area (Å²) in [5.41, 5.74) is 4.18. The van der Waals surface area contributed by atoms with Crippen LogP contribution in [-0.2, 0) is 13.1 Å². The lowest BCUT2D eigenvalue weighted by atomic mass is 10.1. The highest BCUT2D eigenvalue weighted by Crippen LogP contribution is 2.19. The third kappa shape index (κ3) is 4.52. The van der Waals surface area contributed by atoms with E-state index in [-0.39, 0.29) is 11.9 Å². The summed E-state index contributed by atoms with van der Waals surface area (Å²) < 4.78 is 1.92. The summed E-state index contributed by atoms with van der Waals surface area (Å²) in [6.45, 7) is 8.86. The van der Waals surface area contributed by atoms with E-state index in [1.807, 2.05) is 47.7 Å². The molecule has 0 radical (unpaired) electrons. The van der Waals surface area contributed by atoms with E-state index < -0.39 is 0 Å². The predicted molar refractivity (Wildman–Crippen MR) is 109 cm³/mol. The molecule has 28 heavy (non-hydrogen) atoms. The Morgan fingerprint density at radius 1 is 1.11 bits per heavy atom. The van der Waals surface area contributed by atoms with Crippen molar-refractivity contribution in [1.29, 1.82) is 0 Å². The minimum absolute atomic E-state index is 0.0878. The molecule has 0 atom stereocenters. The van der Waals surface area contributed by atoms with Crippen LogP contribution in [0.5, 0.6) is 0 Å². The Morgan fingerprint density at radius 2 is 1.79 bits per heavy atom. The van der Waals surface area contributed by atoms with Crippen LogP contribution in [0.4, 0.5) is 10.5 Å². The first-order valence-corrected chi connectivity index (χ1v) is 9.96. The Bertz CT molecular complexity index is 835. The van der Waals surface area contributed by atoms with E-state index in [9.17, 15) is 9.59 Å². The predicted octanol–water partition coefficient (Wildman–Crippen LogP) is 3.47. The fraction of sp³-hybridized carbons (Fsp3) is 0.476. The molecule has 0 bridgehead atoms. The largest absolute Gasteiger partial charge is 0.339 e. The normalized spacial score (nSPS) is 13.6. The molecule has 1 saturated heterocycles. The lowest BCUT2D eigenvalue weighted by Gasteiger charge is -2.15. The summed E-state index contributed by atoms with van der Waals surface area (Å²) in [5.74, 6) is 0.0878. The van der Waals surface area contributed by atoms with Crippen molar-refractivity contribution in [2.24, 2.45) is 0 Å². The van der Waals surface area contributed by atoms with E-state index in [0.717, 1.165) is 61.5 Å². The van der Waals surface area contributed by atoms with Gasteiger partial charge in [0, 0.05) is 31.7 Å². The van der Waals surface area contributed by atoms with Crippen molar-refractivity contribution in [3.63, 3.8) is 0 Å². The average molecular weight is 383 g/mol. The van der Waals surface area contributed by atoms with Gasteiger partial charge >= 0.3 is 6.03 Å². The lowest BCUT2D eigenvalue weighted by molar-refractivity contribution is 0.0793. The number of nitrogens with one attached hydrogen (secondary N) is 2. The zero-order valence-corrected chi connectivity index (χ0v) is 16.9. The number of urea groups is 1. The van der Waals surface area contributed by atoms with Gasteiger partial charge in [0.05, 0.1) is 17.1 Å². The maximum Gasteiger partial charge on any atom is 0.319 e. The first kappa shape index (κ1) is 19.9. The quantitative estimate of drug-likeness (QED) is 0.802. The molecule has 2 heterocycles. The molecule has 0 spiro atoms. The van der Waals surface area contributed by atoms with Crippen LogP contribution in [0, 0.1) is 13.8 Å². The van der Waals surface area contributed by atoms with Gasteiger partial charge in [0.25, 0.3) is 5.91 Å². The van der Waals surface area contributed by atoms with E-state index in [1.165, 1.54) is 0 Å². The fourth-order valence-electron chi connectivity index (χ4n) is 3.52. The van der Waals surface area contributed by atoms with Crippen LogP contribution in [0.15, 0.2) is 24.3 Å². The Labute approximate surface area is 166 Å². The molecule has 1 aromatic carbocycles. The standard InChI is InChI=1S/C21H29N5O2/c1-4-11-26-16(3)19(15(2)24-26)23-21(28)22-14-17-7-9-18(10-8-17)20(27)25-12-5-6-13-25/h7-10H,4-6,11-14H2,1-3H3,(H2,22,23,28). The number of aryl methyl sites for hydroxylation is 2. The smallest absolute Gasteiger partial charge is 0.319 e. The second kappa shape index (κ2) is 8.91. The Hall–Kier alpha value is -2.83. The fourth-order valence-corrected chi connectivity index (χ4v) is 3.52. The van der Waals surface area contributed by atoms with Crippen LogP contribution < -0.4 is 10.6 Å². The van der Waals surface area contributed by atoms with Crippen molar-refractivity contribution in [3.8, 4) is 0 Å². The van der Waals surface area contributed by atoms with Crippen molar-refractivity contribution >= 4 is 17.6 Å². The molecule has 3 amide bonds. The summed E-state index contributed by atoms with van der Waals surface area (Å²) >= 11 is 0. The van der Waals surface area contributed by atoms with E-state index in [2.05, 4.69) is 22.7 Å². The molecule has 150 valence electrons. The van der Waals surface area contributed by atoms with Gasteiger partial charge in [-0.2, -0.15) is 5.10 Å². The van der Waals surface area contributed by atoms with Crippen molar-refractivity contribution in [3.05, 3.63) is 46.8 Å². The minimum Gasteiger partial charge on any atom is -0.339 e. The topological polar surface area (TPSA) is 79.3 Å². The van der Waals surface area contributed by atoms with Gasteiger partial charge in [-0.25, -0.2) is 4.79 Å². The molecule has 1 aromatic heterocycles. The van der Waals surface area contributed by atoms with Gasteiger partial charge in [0.2, 0.25) is 0 Å².